The fraction of sp³-hybridized carbons (Fsp3) is 0.400. The lowest BCUT2D eigenvalue weighted by Crippen LogP contribution is -2.40. The number of ether oxygens (including phenoxy) is 1. The Labute approximate surface area is 126 Å². The molecule has 1 heterocycles. The highest BCUT2D eigenvalue weighted by Crippen LogP contribution is 2.41. The Morgan fingerprint density at radius 1 is 1.57 bits per heavy atom. The first kappa shape index (κ1) is 13.8. The molecule has 6 heteroatoms. The molecule has 0 spiro atoms. The zero-order chi connectivity index (χ0) is 14.9. The van der Waals surface area contributed by atoms with Crippen LogP contribution in [0.25, 0.3) is 10.2 Å². The molecule has 1 aliphatic rings. The van der Waals surface area contributed by atoms with Gasteiger partial charge in [-0.05, 0) is 44.4 Å². The van der Waals surface area contributed by atoms with Crippen molar-refractivity contribution >= 4 is 32.6 Å². The lowest BCUT2D eigenvalue weighted by atomic mass is 9.69. The summed E-state index contributed by atoms with van der Waals surface area (Å²) >= 11 is 1.39. The smallest absolute Gasteiger partial charge is 0.246 e. The minimum atomic E-state index is -0.853. The highest BCUT2D eigenvalue weighted by molar-refractivity contribution is 7.22. The molecule has 0 aliphatic heterocycles. The Balaban J connectivity index is 1.81. The van der Waals surface area contributed by atoms with E-state index in [1.165, 1.54) is 11.3 Å². The number of nitrogens with one attached hydrogen (secondary N) is 1. The van der Waals surface area contributed by atoms with Gasteiger partial charge in [0.05, 0.1) is 22.9 Å². The number of rotatable bonds is 4. The highest BCUT2D eigenvalue weighted by atomic mass is 32.1. The second kappa shape index (κ2) is 5.34. The molecule has 0 bridgehead atoms. The summed E-state index contributed by atoms with van der Waals surface area (Å²) in [4.78, 5) is 16.6. The number of nitriles is 1. The summed E-state index contributed by atoms with van der Waals surface area (Å²) in [6, 6.07) is 7.78. The third kappa shape index (κ3) is 2.45. The Bertz CT molecular complexity index is 728. The second-order valence-corrected chi connectivity index (χ2v) is 6.11. The number of amides is 1. The highest BCUT2D eigenvalue weighted by Gasteiger charge is 2.44. The maximum absolute atomic E-state index is 12.2. The Hall–Kier alpha value is -2.13. The molecule has 1 saturated carbocycles. The number of hydrogen-bond donors (Lipinski definition) is 1. The molecule has 1 fully saturated rings. The monoisotopic (exact) mass is 301 g/mol. The van der Waals surface area contributed by atoms with Crippen molar-refractivity contribution in [1.82, 2.24) is 4.98 Å². The van der Waals surface area contributed by atoms with Gasteiger partial charge in [-0.2, -0.15) is 5.26 Å². The molecule has 21 heavy (non-hydrogen) atoms. The van der Waals surface area contributed by atoms with Crippen molar-refractivity contribution in [3.8, 4) is 11.8 Å². The lowest BCUT2D eigenvalue weighted by Gasteiger charge is -2.32. The molecule has 0 atom stereocenters. The van der Waals surface area contributed by atoms with Gasteiger partial charge in [0, 0.05) is 0 Å². The molecule has 1 amide bonds. The zero-order valence-corrected chi connectivity index (χ0v) is 12.5. The van der Waals surface area contributed by atoms with Gasteiger partial charge >= 0.3 is 0 Å². The number of thiazole rings is 1. The molecular weight excluding hydrogens is 286 g/mol. The average molecular weight is 301 g/mol. The number of carbonyl (C=O) groups excluding carboxylic acids is 1. The van der Waals surface area contributed by atoms with Gasteiger partial charge in [0.2, 0.25) is 5.91 Å². The number of carbonyl (C=O) groups is 1. The first-order valence-corrected chi connectivity index (χ1v) is 7.74. The van der Waals surface area contributed by atoms with Gasteiger partial charge in [0.25, 0.3) is 0 Å². The molecule has 1 aromatic carbocycles. The van der Waals surface area contributed by atoms with Gasteiger partial charge in [-0.3, -0.25) is 4.79 Å². The minimum absolute atomic E-state index is 0.236. The number of anilines is 1. The van der Waals surface area contributed by atoms with Crippen LogP contribution in [0.2, 0.25) is 0 Å². The normalized spacial score (nSPS) is 16.0. The predicted octanol–water partition coefficient (Wildman–Crippen LogP) is 3.33. The van der Waals surface area contributed by atoms with Gasteiger partial charge in [0.15, 0.2) is 5.13 Å². The van der Waals surface area contributed by atoms with Crippen molar-refractivity contribution in [2.24, 2.45) is 5.41 Å². The van der Waals surface area contributed by atoms with E-state index in [0.717, 1.165) is 22.4 Å². The van der Waals surface area contributed by atoms with E-state index in [2.05, 4.69) is 16.4 Å². The van der Waals surface area contributed by atoms with Gasteiger partial charge in [-0.1, -0.05) is 11.3 Å². The SMILES string of the molecule is CCOc1ccc2nc(NC(=O)C3(C#N)CCC3)sc2c1. The Kier molecular flexibility index (Phi) is 3.52. The van der Waals surface area contributed by atoms with Crippen LogP contribution in [0.15, 0.2) is 18.2 Å². The molecule has 1 aliphatic carbocycles. The van der Waals surface area contributed by atoms with Crippen molar-refractivity contribution in [3.05, 3.63) is 18.2 Å². The average Bonchev–Trinajstić information content (AvgIpc) is 2.80. The van der Waals surface area contributed by atoms with Gasteiger partial charge in [-0.25, -0.2) is 4.98 Å². The van der Waals surface area contributed by atoms with E-state index in [0.29, 0.717) is 24.6 Å². The van der Waals surface area contributed by atoms with Crippen molar-refractivity contribution in [2.75, 3.05) is 11.9 Å². The first-order chi connectivity index (χ1) is 10.2. The number of aromatic nitrogens is 1. The standard InChI is InChI=1S/C15H15N3O2S/c1-2-20-10-4-5-11-12(8-10)21-14(17-11)18-13(19)15(9-16)6-3-7-15/h4-5,8H,2-3,6-7H2,1H3,(H,17,18,19). The van der Waals surface area contributed by atoms with Crippen LogP contribution in [-0.2, 0) is 4.79 Å². The molecule has 2 aromatic rings. The number of nitrogens with zero attached hydrogens (tertiary/aromatic N) is 2. The van der Waals surface area contributed by atoms with Crippen LogP contribution in [-0.4, -0.2) is 17.5 Å². The molecule has 5 nitrogen and oxygen atoms in total. The van der Waals surface area contributed by atoms with E-state index in [-0.39, 0.29) is 5.91 Å². The molecular formula is C15H15N3O2S. The topological polar surface area (TPSA) is 75.0 Å². The Morgan fingerprint density at radius 3 is 3.00 bits per heavy atom. The van der Waals surface area contributed by atoms with E-state index in [4.69, 9.17) is 4.74 Å². The maximum atomic E-state index is 12.2. The van der Waals surface area contributed by atoms with Gasteiger partial charge < -0.3 is 10.1 Å². The summed E-state index contributed by atoms with van der Waals surface area (Å²) in [7, 11) is 0. The summed E-state index contributed by atoms with van der Waals surface area (Å²) in [5.74, 6) is 0.555. The minimum Gasteiger partial charge on any atom is -0.494 e. The van der Waals surface area contributed by atoms with Crippen LogP contribution < -0.4 is 10.1 Å². The molecule has 1 N–H and O–H groups in total. The van der Waals surface area contributed by atoms with Crippen molar-refractivity contribution in [2.45, 2.75) is 26.2 Å². The van der Waals surface area contributed by atoms with E-state index >= 15 is 0 Å². The van der Waals surface area contributed by atoms with Crippen molar-refractivity contribution in [3.63, 3.8) is 0 Å². The van der Waals surface area contributed by atoms with Crippen LogP contribution in [0.3, 0.4) is 0 Å². The van der Waals surface area contributed by atoms with E-state index in [1.807, 2.05) is 25.1 Å². The third-order valence-corrected chi connectivity index (χ3v) is 4.68. The largest absolute Gasteiger partial charge is 0.494 e. The van der Waals surface area contributed by atoms with Gasteiger partial charge in [0.1, 0.15) is 11.2 Å². The summed E-state index contributed by atoms with van der Waals surface area (Å²) < 4.78 is 6.41. The van der Waals surface area contributed by atoms with Crippen LogP contribution >= 0.6 is 11.3 Å². The van der Waals surface area contributed by atoms with Crippen LogP contribution in [0, 0.1) is 16.7 Å². The van der Waals surface area contributed by atoms with E-state index in [1.54, 1.807) is 0 Å². The molecule has 1 aromatic heterocycles. The van der Waals surface area contributed by atoms with Crippen molar-refractivity contribution < 1.29 is 9.53 Å². The quantitative estimate of drug-likeness (QED) is 0.940. The van der Waals surface area contributed by atoms with Crippen molar-refractivity contribution in [1.29, 1.82) is 5.26 Å². The lowest BCUT2D eigenvalue weighted by molar-refractivity contribution is -0.126. The van der Waals surface area contributed by atoms with E-state index < -0.39 is 5.41 Å². The van der Waals surface area contributed by atoms with Crippen LogP contribution in [0.5, 0.6) is 5.75 Å². The summed E-state index contributed by atoms with van der Waals surface area (Å²) in [5, 5.41) is 12.5. The Morgan fingerprint density at radius 2 is 2.38 bits per heavy atom. The van der Waals surface area contributed by atoms with Gasteiger partial charge in [-0.15, -0.1) is 0 Å². The van der Waals surface area contributed by atoms with Crippen LogP contribution in [0.1, 0.15) is 26.2 Å². The summed E-state index contributed by atoms with van der Waals surface area (Å²) in [5.41, 5.74) is -0.0349. The number of fused-ring (bicyclic) bond motifs is 1. The third-order valence-electron chi connectivity index (χ3n) is 3.75. The molecule has 0 unspecified atom stereocenters. The summed E-state index contributed by atoms with van der Waals surface area (Å²) in [6.45, 7) is 2.54. The first-order valence-electron chi connectivity index (χ1n) is 6.93. The number of hydrogen-bond acceptors (Lipinski definition) is 5. The van der Waals surface area contributed by atoms with Crippen LogP contribution in [0.4, 0.5) is 5.13 Å². The van der Waals surface area contributed by atoms with E-state index in [9.17, 15) is 10.1 Å². The molecule has 108 valence electrons. The second-order valence-electron chi connectivity index (χ2n) is 5.08. The zero-order valence-electron chi connectivity index (χ0n) is 11.7. The molecule has 0 saturated heterocycles. The fourth-order valence-corrected chi connectivity index (χ4v) is 3.24. The molecule has 0 radical (unpaired) electrons. The maximum Gasteiger partial charge on any atom is 0.246 e. The predicted molar refractivity (Wildman–Crippen MR) is 81.3 cm³/mol. The fourth-order valence-electron chi connectivity index (χ4n) is 2.35. The number of benzene rings is 1. The summed E-state index contributed by atoms with van der Waals surface area (Å²) in [6.07, 6.45) is 2.20. The molecule has 3 rings (SSSR count).